The van der Waals surface area contributed by atoms with Crippen molar-refractivity contribution in [3.63, 3.8) is 0 Å². The van der Waals surface area contributed by atoms with Crippen molar-refractivity contribution < 1.29 is 22.7 Å². The van der Waals surface area contributed by atoms with E-state index in [4.69, 9.17) is 9.15 Å². The van der Waals surface area contributed by atoms with E-state index in [1.54, 1.807) is 19.2 Å². The van der Waals surface area contributed by atoms with Crippen LogP contribution < -0.4 is 9.54 Å². The first-order valence-electron chi connectivity index (χ1n) is 8.90. The Labute approximate surface area is 169 Å². The van der Waals surface area contributed by atoms with Gasteiger partial charge in [0.15, 0.2) is 10.6 Å². The molecule has 0 saturated carbocycles. The average molecular weight is 416 g/mol. The molecule has 8 heteroatoms. The predicted octanol–water partition coefficient (Wildman–Crippen LogP) is 5.44. The molecule has 2 heterocycles. The fourth-order valence-electron chi connectivity index (χ4n) is 2.94. The molecule has 29 heavy (non-hydrogen) atoms. The number of aromatic nitrogens is 1. The molecule has 0 saturated heterocycles. The summed E-state index contributed by atoms with van der Waals surface area (Å²) < 4.78 is 42.3. The first-order valence-corrected chi connectivity index (χ1v) is 9.78. The standard InChI is InChI=1S/C21H18F2N2O3S/c1-26-11-10-25-17(19-12-14-4-2-3-5-18(14)28-19)13-29-21(25)24-15-6-8-16(9-7-15)27-20(22)23/h2-9,12-13,20H,10-11H2,1H3. The first kappa shape index (κ1) is 19.4. The largest absolute Gasteiger partial charge is 0.454 e. The van der Waals surface area contributed by atoms with Gasteiger partial charge in [-0.15, -0.1) is 11.3 Å². The van der Waals surface area contributed by atoms with Crippen LogP contribution in [0.25, 0.3) is 22.4 Å². The van der Waals surface area contributed by atoms with Gasteiger partial charge in [0.05, 0.1) is 18.0 Å². The molecule has 150 valence electrons. The second-order valence-electron chi connectivity index (χ2n) is 6.18. The maximum atomic E-state index is 12.3. The van der Waals surface area contributed by atoms with Crippen LogP contribution in [0.5, 0.6) is 5.75 Å². The maximum Gasteiger partial charge on any atom is 0.387 e. The van der Waals surface area contributed by atoms with E-state index in [1.807, 2.05) is 40.3 Å². The average Bonchev–Trinajstić information content (AvgIpc) is 3.31. The molecular weight excluding hydrogens is 398 g/mol. The predicted molar refractivity (Wildman–Crippen MR) is 108 cm³/mol. The van der Waals surface area contributed by atoms with Crippen LogP contribution in [0.15, 0.2) is 69.4 Å². The van der Waals surface area contributed by atoms with E-state index in [-0.39, 0.29) is 5.75 Å². The molecule has 4 rings (SSSR count). The molecule has 5 nitrogen and oxygen atoms in total. The number of furan rings is 1. The lowest BCUT2D eigenvalue weighted by molar-refractivity contribution is -0.0498. The van der Waals surface area contributed by atoms with Crippen molar-refractivity contribution in [2.24, 2.45) is 4.99 Å². The number of hydrogen-bond acceptors (Lipinski definition) is 5. The van der Waals surface area contributed by atoms with Gasteiger partial charge >= 0.3 is 6.61 Å². The van der Waals surface area contributed by atoms with Crippen molar-refractivity contribution in [2.45, 2.75) is 13.2 Å². The molecule has 4 aromatic rings. The summed E-state index contributed by atoms with van der Waals surface area (Å²) in [6, 6.07) is 16.1. The van der Waals surface area contributed by atoms with E-state index in [1.165, 1.54) is 23.5 Å². The van der Waals surface area contributed by atoms with Gasteiger partial charge in [0, 0.05) is 24.4 Å². The maximum absolute atomic E-state index is 12.3. The van der Waals surface area contributed by atoms with Crippen LogP contribution in [0, 0.1) is 0 Å². The zero-order valence-corrected chi connectivity index (χ0v) is 16.4. The van der Waals surface area contributed by atoms with Crippen LogP contribution in [0.1, 0.15) is 0 Å². The number of para-hydroxylation sites is 1. The Morgan fingerprint density at radius 2 is 1.93 bits per heavy atom. The zero-order valence-electron chi connectivity index (χ0n) is 15.5. The van der Waals surface area contributed by atoms with Crippen molar-refractivity contribution in [2.75, 3.05) is 13.7 Å². The summed E-state index contributed by atoms with van der Waals surface area (Å²) in [4.78, 5) is 5.41. The SMILES string of the molecule is COCCn1c(-c2cc3ccccc3o2)csc1=Nc1ccc(OC(F)F)cc1. The van der Waals surface area contributed by atoms with Crippen molar-refractivity contribution in [1.29, 1.82) is 0 Å². The molecule has 0 spiro atoms. The number of benzene rings is 2. The Balaban J connectivity index is 1.72. The van der Waals surface area contributed by atoms with Crippen LogP contribution in [0.3, 0.4) is 0 Å². The molecule has 0 radical (unpaired) electrons. The number of nitrogens with zero attached hydrogens (tertiary/aromatic N) is 2. The van der Waals surface area contributed by atoms with Gasteiger partial charge in [-0.05, 0) is 36.4 Å². The van der Waals surface area contributed by atoms with Crippen LogP contribution in [0.4, 0.5) is 14.5 Å². The summed E-state index contributed by atoms with van der Waals surface area (Å²) in [5.74, 6) is 0.848. The molecule has 0 atom stereocenters. The van der Waals surface area contributed by atoms with Gasteiger partial charge in [-0.1, -0.05) is 18.2 Å². The highest BCUT2D eigenvalue weighted by molar-refractivity contribution is 7.07. The third-order valence-corrected chi connectivity index (χ3v) is 5.14. The quantitative estimate of drug-likeness (QED) is 0.403. The molecule has 0 aliphatic rings. The highest BCUT2D eigenvalue weighted by Gasteiger charge is 2.13. The Hall–Kier alpha value is -2.97. The molecule has 0 N–H and O–H groups in total. The van der Waals surface area contributed by atoms with Crippen LogP contribution in [0.2, 0.25) is 0 Å². The molecular formula is C21H18F2N2O3S. The Bertz CT molecular complexity index is 1130. The molecule has 0 fully saturated rings. The Morgan fingerprint density at radius 3 is 2.66 bits per heavy atom. The highest BCUT2D eigenvalue weighted by Crippen LogP contribution is 2.28. The number of halogens is 2. The first-order chi connectivity index (χ1) is 14.1. The van der Waals surface area contributed by atoms with Gasteiger partial charge in [0.25, 0.3) is 0 Å². The van der Waals surface area contributed by atoms with E-state index in [0.717, 1.165) is 27.2 Å². The van der Waals surface area contributed by atoms with Gasteiger partial charge in [0.1, 0.15) is 11.3 Å². The molecule has 2 aromatic carbocycles. The van der Waals surface area contributed by atoms with E-state index in [9.17, 15) is 8.78 Å². The summed E-state index contributed by atoms with van der Waals surface area (Å²) in [6.45, 7) is -1.74. The van der Waals surface area contributed by atoms with Crippen molar-refractivity contribution in [3.05, 3.63) is 64.8 Å². The minimum absolute atomic E-state index is 0.0975. The minimum Gasteiger partial charge on any atom is -0.454 e. The van der Waals surface area contributed by atoms with Crippen molar-refractivity contribution in [3.8, 4) is 17.2 Å². The summed E-state index contributed by atoms with van der Waals surface area (Å²) >= 11 is 1.47. The minimum atomic E-state index is -2.85. The van der Waals surface area contributed by atoms with Crippen molar-refractivity contribution >= 4 is 28.0 Å². The number of thiazole rings is 1. The van der Waals surface area contributed by atoms with E-state index < -0.39 is 6.61 Å². The van der Waals surface area contributed by atoms with Crippen LogP contribution in [-0.4, -0.2) is 24.9 Å². The molecule has 0 amide bonds. The molecule has 0 aliphatic carbocycles. The van der Waals surface area contributed by atoms with Gasteiger partial charge in [-0.25, -0.2) is 4.99 Å². The second kappa shape index (κ2) is 8.59. The van der Waals surface area contributed by atoms with Crippen molar-refractivity contribution in [1.82, 2.24) is 4.57 Å². The fraction of sp³-hybridized carbons (Fsp3) is 0.190. The van der Waals surface area contributed by atoms with Gasteiger partial charge in [-0.2, -0.15) is 8.78 Å². The number of alkyl halides is 2. The number of methoxy groups -OCH3 is 1. The van der Waals surface area contributed by atoms with Crippen LogP contribution >= 0.6 is 11.3 Å². The van der Waals surface area contributed by atoms with Gasteiger partial charge in [-0.3, -0.25) is 0 Å². The molecule has 0 bridgehead atoms. The Morgan fingerprint density at radius 1 is 1.14 bits per heavy atom. The smallest absolute Gasteiger partial charge is 0.387 e. The number of rotatable bonds is 7. The topological polar surface area (TPSA) is 48.9 Å². The number of ether oxygens (including phenoxy) is 2. The summed E-state index contributed by atoms with van der Waals surface area (Å²) in [6.07, 6.45) is 0. The fourth-order valence-corrected chi connectivity index (χ4v) is 3.87. The summed E-state index contributed by atoms with van der Waals surface area (Å²) in [5, 5.41) is 3.01. The normalized spacial score (nSPS) is 12.2. The number of fused-ring (bicyclic) bond motifs is 1. The second-order valence-corrected chi connectivity index (χ2v) is 7.02. The third-order valence-electron chi connectivity index (χ3n) is 4.28. The van der Waals surface area contributed by atoms with Gasteiger partial charge < -0.3 is 18.5 Å². The molecule has 0 aliphatic heterocycles. The summed E-state index contributed by atoms with van der Waals surface area (Å²) in [7, 11) is 1.65. The van der Waals surface area contributed by atoms with E-state index in [2.05, 4.69) is 9.73 Å². The molecule has 2 aromatic heterocycles. The lowest BCUT2D eigenvalue weighted by Crippen LogP contribution is -2.18. The molecule has 0 unspecified atom stereocenters. The third kappa shape index (κ3) is 4.38. The number of hydrogen-bond donors (Lipinski definition) is 0. The van der Waals surface area contributed by atoms with E-state index >= 15 is 0 Å². The van der Waals surface area contributed by atoms with Crippen LogP contribution in [-0.2, 0) is 11.3 Å². The monoisotopic (exact) mass is 416 g/mol. The van der Waals surface area contributed by atoms with Gasteiger partial charge in [0.2, 0.25) is 0 Å². The summed E-state index contributed by atoms with van der Waals surface area (Å²) in [5.41, 5.74) is 2.36. The lowest BCUT2D eigenvalue weighted by Gasteiger charge is -2.07. The zero-order chi connectivity index (χ0) is 20.2. The highest BCUT2D eigenvalue weighted by atomic mass is 32.1. The lowest BCUT2D eigenvalue weighted by atomic mass is 10.2. The Kier molecular flexibility index (Phi) is 5.73. The van der Waals surface area contributed by atoms with E-state index in [0.29, 0.717) is 18.8 Å².